The van der Waals surface area contributed by atoms with Crippen molar-refractivity contribution < 1.29 is 17.9 Å². The van der Waals surface area contributed by atoms with E-state index in [4.69, 9.17) is 0 Å². The van der Waals surface area contributed by atoms with Gasteiger partial charge in [-0.25, -0.2) is 13.2 Å². The zero-order valence-corrected chi connectivity index (χ0v) is 6.14. The maximum Gasteiger partial charge on any atom is 0.272 e. The molecule has 0 bridgehead atoms. The third-order valence-corrected chi connectivity index (χ3v) is 1.17. The van der Waals surface area contributed by atoms with Crippen LogP contribution in [0.15, 0.2) is 24.3 Å². The first-order valence-corrected chi connectivity index (χ1v) is 3.35. The van der Waals surface area contributed by atoms with E-state index in [2.05, 4.69) is 4.74 Å². The molecule has 0 amide bonds. The molecular formula is C8H7F3O. The van der Waals surface area contributed by atoms with E-state index in [9.17, 15) is 13.2 Å². The van der Waals surface area contributed by atoms with Crippen molar-refractivity contribution in [1.29, 1.82) is 0 Å². The van der Waals surface area contributed by atoms with Gasteiger partial charge in [-0.05, 0) is 12.1 Å². The number of alkyl halides is 2. The molecule has 12 heavy (non-hydrogen) atoms. The Kier molecular flexibility index (Phi) is 2.96. The van der Waals surface area contributed by atoms with E-state index < -0.39 is 18.8 Å². The molecule has 0 fully saturated rings. The number of hydrogen-bond donors (Lipinski definition) is 0. The quantitative estimate of drug-likeness (QED) is 0.687. The molecule has 0 aromatic heterocycles. The van der Waals surface area contributed by atoms with Crippen LogP contribution in [0.2, 0.25) is 0 Å². The molecule has 1 aromatic rings. The van der Waals surface area contributed by atoms with Gasteiger partial charge in [0, 0.05) is 6.07 Å². The maximum absolute atomic E-state index is 12.4. The third-order valence-electron chi connectivity index (χ3n) is 1.17. The number of benzene rings is 1. The lowest BCUT2D eigenvalue weighted by Gasteiger charge is -2.03. The van der Waals surface area contributed by atoms with Gasteiger partial charge in [0.25, 0.3) is 6.43 Å². The highest BCUT2D eigenvalue weighted by Gasteiger charge is 2.03. The van der Waals surface area contributed by atoms with E-state index in [-0.39, 0.29) is 5.75 Å². The second-order valence-electron chi connectivity index (χ2n) is 2.16. The standard InChI is InChI=1S/C8H7F3O/c9-6-2-1-3-7(4-6)12-5-8(10)11/h1-4,8H,5H2. The smallest absolute Gasteiger partial charge is 0.272 e. The van der Waals surface area contributed by atoms with Gasteiger partial charge in [-0.1, -0.05) is 6.07 Å². The van der Waals surface area contributed by atoms with Crippen molar-refractivity contribution in [2.24, 2.45) is 0 Å². The van der Waals surface area contributed by atoms with Crippen molar-refractivity contribution in [3.05, 3.63) is 30.1 Å². The van der Waals surface area contributed by atoms with Crippen LogP contribution in [-0.4, -0.2) is 13.0 Å². The van der Waals surface area contributed by atoms with Crippen LogP contribution in [0.1, 0.15) is 0 Å². The molecule has 0 unspecified atom stereocenters. The molecule has 0 saturated heterocycles. The summed E-state index contributed by atoms with van der Waals surface area (Å²) in [5.74, 6) is -0.378. The van der Waals surface area contributed by atoms with Crippen molar-refractivity contribution in [3.8, 4) is 5.75 Å². The summed E-state index contributed by atoms with van der Waals surface area (Å²) >= 11 is 0. The molecule has 0 radical (unpaired) electrons. The highest BCUT2D eigenvalue weighted by Crippen LogP contribution is 2.12. The van der Waals surface area contributed by atoms with Crippen LogP contribution in [0.5, 0.6) is 5.75 Å². The highest BCUT2D eigenvalue weighted by atomic mass is 19.3. The fourth-order valence-electron chi connectivity index (χ4n) is 0.716. The summed E-state index contributed by atoms with van der Waals surface area (Å²) in [5, 5.41) is 0. The fourth-order valence-corrected chi connectivity index (χ4v) is 0.716. The third kappa shape index (κ3) is 2.82. The summed E-state index contributed by atoms with van der Waals surface area (Å²) in [5.41, 5.74) is 0. The zero-order chi connectivity index (χ0) is 8.97. The van der Waals surface area contributed by atoms with Gasteiger partial charge in [0.15, 0.2) is 0 Å². The number of hydrogen-bond acceptors (Lipinski definition) is 1. The molecule has 0 saturated carbocycles. The van der Waals surface area contributed by atoms with Gasteiger partial charge in [-0.15, -0.1) is 0 Å². The Morgan fingerprint density at radius 1 is 1.33 bits per heavy atom. The molecule has 1 nitrogen and oxygen atoms in total. The van der Waals surface area contributed by atoms with Gasteiger partial charge < -0.3 is 4.74 Å². The van der Waals surface area contributed by atoms with Crippen molar-refractivity contribution in [1.82, 2.24) is 0 Å². The van der Waals surface area contributed by atoms with E-state index in [0.717, 1.165) is 6.07 Å². The number of rotatable bonds is 3. The minimum Gasteiger partial charge on any atom is -0.488 e. The molecule has 0 aliphatic rings. The summed E-state index contributed by atoms with van der Waals surface area (Å²) in [4.78, 5) is 0. The normalized spacial score (nSPS) is 10.3. The van der Waals surface area contributed by atoms with Crippen molar-refractivity contribution in [3.63, 3.8) is 0 Å². The molecule has 0 aliphatic heterocycles. The molecule has 0 spiro atoms. The molecule has 0 heterocycles. The predicted octanol–water partition coefficient (Wildman–Crippen LogP) is 2.47. The zero-order valence-electron chi connectivity index (χ0n) is 6.14. The Hall–Kier alpha value is -1.19. The minimum atomic E-state index is -2.53. The minimum absolute atomic E-state index is 0.121. The monoisotopic (exact) mass is 176 g/mol. The summed E-state index contributed by atoms with van der Waals surface area (Å²) in [6, 6.07) is 5.10. The fraction of sp³-hybridized carbons (Fsp3) is 0.250. The maximum atomic E-state index is 12.4. The van der Waals surface area contributed by atoms with Crippen molar-refractivity contribution in [2.75, 3.05) is 6.61 Å². The molecule has 0 atom stereocenters. The number of ether oxygens (including phenoxy) is 1. The van der Waals surface area contributed by atoms with Crippen LogP contribution in [-0.2, 0) is 0 Å². The molecule has 0 aliphatic carbocycles. The van der Waals surface area contributed by atoms with E-state index in [0.29, 0.717) is 0 Å². The van der Waals surface area contributed by atoms with Crippen LogP contribution in [0, 0.1) is 5.82 Å². The van der Waals surface area contributed by atoms with Gasteiger partial charge in [-0.3, -0.25) is 0 Å². The van der Waals surface area contributed by atoms with Crippen LogP contribution < -0.4 is 4.74 Å². The first-order valence-electron chi connectivity index (χ1n) is 3.35. The summed E-state index contributed by atoms with van der Waals surface area (Å²) in [6.45, 7) is -0.705. The van der Waals surface area contributed by atoms with Crippen LogP contribution in [0.3, 0.4) is 0 Å². The van der Waals surface area contributed by atoms with Crippen molar-refractivity contribution in [2.45, 2.75) is 6.43 Å². The molecule has 66 valence electrons. The highest BCUT2D eigenvalue weighted by molar-refractivity contribution is 5.22. The first kappa shape index (κ1) is 8.90. The van der Waals surface area contributed by atoms with Gasteiger partial charge in [0.1, 0.15) is 18.2 Å². The lowest BCUT2D eigenvalue weighted by molar-refractivity contribution is 0.0817. The van der Waals surface area contributed by atoms with Crippen molar-refractivity contribution >= 4 is 0 Å². The first-order chi connectivity index (χ1) is 5.68. The van der Waals surface area contributed by atoms with Gasteiger partial charge in [0.05, 0.1) is 0 Å². The molecule has 4 heteroatoms. The average molecular weight is 176 g/mol. The average Bonchev–Trinajstić information content (AvgIpc) is 2.01. The summed E-state index contributed by atoms with van der Waals surface area (Å²) in [6.07, 6.45) is -2.53. The largest absolute Gasteiger partial charge is 0.488 e. The van der Waals surface area contributed by atoms with E-state index >= 15 is 0 Å². The second kappa shape index (κ2) is 3.99. The summed E-state index contributed by atoms with van der Waals surface area (Å²) in [7, 11) is 0. The van der Waals surface area contributed by atoms with E-state index in [1.54, 1.807) is 0 Å². The molecule has 1 aromatic carbocycles. The lowest BCUT2D eigenvalue weighted by Crippen LogP contribution is -2.06. The van der Waals surface area contributed by atoms with Crippen LogP contribution in [0.25, 0.3) is 0 Å². The lowest BCUT2D eigenvalue weighted by atomic mass is 10.3. The van der Waals surface area contributed by atoms with E-state index in [1.807, 2.05) is 0 Å². The Morgan fingerprint density at radius 3 is 2.67 bits per heavy atom. The predicted molar refractivity (Wildman–Crippen MR) is 37.9 cm³/mol. The topological polar surface area (TPSA) is 9.23 Å². The Balaban J connectivity index is 2.52. The number of halogens is 3. The molecular weight excluding hydrogens is 169 g/mol. The van der Waals surface area contributed by atoms with Gasteiger partial charge in [0.2, 0.25) is 0 Å². The summed E-state index contributed by atoms with van der Waals surface area (Å²) < 4.78 is 40.2. The second-order valence-corrected chi connectivity index (χ2v) is 2.16. The Bertz CT molecular complexity index is 250. The molecule has 1 rings (SSSR count). The van der Waals surface area contributed by atoms with E-state index in [1.165, 1.54) is 18.2 Å². The SMILES string of the molecule is Fc1cccc(OCC(F)F)c1. The van der Waals surface area contributed by atoms with Gasteiger partial charge in [-0.2, -0.15) is 0 Å². The Morgan fingerprint density at radius 2 is 2.08 bits per heavy atom. The van der Waals surface area contributed by atoms with Gasteiger partial charge >= 0.3 is 0 Å². The molecule has 0 N–H and O–H groups in total. The van der Waals surface area contributed by atoms with Crippen LogP contribution in [0.4, 0.5) is 13.2 Å². The Labute approximate surface area is 67.8 Å². The van der Waals surface area contributed by atoms with Crippen LogP contribution >= 0.6 is 0 Å².